The molecule has 4 nitrogen and oxygen atoms in total. The number of nitrogens with one attached hydrogen (secondary N) is 1. The number of hydrogen-bond donors (Lipinski definition) is 1. The zero-order valence-electron chi connectivity index (χ0n) is 10.2. The molecule has 0 radical (unpaired) electrons. The van der Waals surface area contributed by atoms with Crippen molar-refractivity contribution < 1.29 is 4.79 Å². The summed E-state index contributed by atoms with van der Waals surface area (Å²) in [7, 11) is 1.95. The summed E-state index contributed by atoms with van der Waals surface area (Å²) in [5.74, 6) is 0.896. The van der Waals surface area contributed by atoms with Crippen LogP contribution in [0.4, 0.5) is 0 Å². The monoisotopic (exact) mass is 261 g/mol. The molecule has 0 spiro atoms. The summed E-state index contributed by atoms with van der Waals surface area (Å²) < 4.78 is 1.95. The number of thiophene rings is 1. The van der Waals surface area contributed by atoms with Crippen LogP contribution in [0.2, 0.25) is 0 Å². The molecule has 0 saturated heterocycles. The normalized spacial score (nSPS) is 10.9. The Morgan fingerprint density at radius 3 is 3.17 bits per heavy atom. The average Bonchev–Trinajstić information content (AvgIpc) is 2.99. The molecule has 0 atom stereocenters. The Kier molecular flexibility index (Phi) is 4.30. The number of carbonyl (C=O) groups excluding carboxylic acids is 1. The van der Waals surface area contributed by atoms with Gasteiger partial charge >= 0.3 is 0 Å². The minimum atomic E-state index is -0.0737. The number of hydrogen-bond acceptors (Lipinski definition) is 3. The van der Waals surface area contributed by atoms with Crippen molar-refractivity contribution in [2.24, 2.45) is 7.05 Å². The van der Waals surface area contributed by atoms with Crippen LogP contribution >= 0.6 is 11.3 Å². The van der Waals surface area contributed by atoms with Crippen molar-refractivity contribution in [3.8, 4) is 0 Å². The zero-order valence-corrected chi connectivity index (χ0v) is 11.0. The van der Waals surface area contributed by atoms with Crippen molar-refractivity contribution in [1.82, 2.24) is 14.9 Å². The molecule has 2 aromatic heterocycles. The second kappa shape index (κ2) is 6.16. The van der Waals surface area contributed by atoms with Gasteiger partial charge in [-0.3, -0.25) is 4.79 Å². The molecule has 0 bridgehead atoms. The van der Waals surface area contributed by atoms with E-state index in [2.05, 4.69) is 10.3 Å². The summed E-state index contributed by atoms with van der Waals surface area (Å²) >= 11 is 1.61. The third kappa shape index (κ3) is 3.56. The average molecular weight is 261 g/mol. The lowest BCUT2D eigenvalue weighted by Crippen LogP contribution is -2.24. The third-order valence-electron chi connectivity index (χ3n) is 2.54. The number of carbonyl (C=O) groups is 1. The van der Waals surface area contributed by atoms with Crippen LogP contribution in [0.15, 0.2) is 35.3 Å². The molecule has 0 aliphatic carbocycles. The summed E-state index contributed by atoms with van der Waals surface area (Å²) in [6.45, 7) is 0.595. The van der Waals surface area contributed by atoms with Gasteiger partial charge in [-0.05, 0) is 28.5 Å². The second-order valence-corrected chi connectivity index (χ2v) is 4.67. The number of rotatable bonds is 5. The lowest BCUT2D eigenvalue weighted by Gasteiger charge is -2.02. The zero-order chi connectivity index (χ0) is 12.8. The van der Waals surface area contributed by atoms with Crippen LogP contribution in [0.1, 0.15) is 11.4 Å². The van der Waals surface area contributed by atoms with Gasteiger partial charge < -0.3 is 9.88 Å². The Balaban J connectivity index is 1.74. The van der Waals surface area contributed by atoms with Crippen LogP contribution in [0, 0.1) is 0 Å². The molecule has 0 fully saturated rings. The van der Waals surface area contributed by atoms with Gasteiger partial charge in [0.25, 0.3) is 0 Å². The van der Waals surface area contributed by atoms with Crippen molar-refractivity contribution in [3.05, 3.63) is 46.7 Å². The Morgan fingerprint density at radius 1 is 1.61 bits per heavy atom. The Hall–Kier alpha value is -1.88. The highest BCUT2D eigenvalue weighted by Gasteiger charge is 2.00. The minimum absolute atomic E-state index is 0.0737. The molecule has 0 unspecified atom stereocenters. The van der Waals surface area contributed by atoms with E-state index in [0.29, 0.717) is 6.54 Å². The molecule has 0 aliphatic heterocycles. The molecule has 0 aliphatic rings. The predicted octanol–water partition coefficient (Wildman–Crippen LogP) is 1.85. The van der Waals surface area contributed by atoms with Crippen molar-refractivity contribution in [1.29, 1.82) is 0 Å². The van der Waals surface area contributed by atoms with Crippen LogP contribution < -0.4 is 5.32 Å². The van der Waals surface area contributed by atoms with Gasteiger partial charge in [-0.2, -0.15) is 11.3 Å². The van der Waals surface area contributed by atoms with Crippen LogP contribution in [0.3, 0.4) is 0 Å². The highest BCUT2D eigenvalue weighted by atomic mass is 32.1. The van der Waals surface area contributed by atoms with E-state index in [1.54, 1.807) is 23.6 Å². The maximum atomic E-state index is 11.5. The van der Waals surface area contributed by atoms with E-state index in [9.17, 15) is 4.79 Å². The van der Waals surface area contributed by atoms with Gasteiger partial charge in [0.2, 0.25) is 5.91 Å². The van der Waals surface area contributed by atoms with Crippen molar-refractivity contribution in [2.75, 3.05) is 6.54 Å². The van der Waals surface area contributed by atoms with Gasteiger partial charge in [0, 0.05) is 38.5 Å². The number of nitrogens with zero attached hydrogens (tertiary/aromatic N) is 2. The first kappa shape index (κ1) is 12.6. The summed E-state index contributed by atoms with van der Waals surface area (Å²) in [4.78, 5) is 15.7. The fourth-order valence-electron chi connectivity index (χ4n) is 1.54. The van der Waals surface area contributed by atoms with Gasteiger partial charge in [0.15, 0.2) is 0 Å². The Bertz CT molecular complexity index is 528. The molecule has 2 aromatic rings. The highest BCUT2D eigenvalue weighted by molar-refractivity contribution is 7.08. The highest BCUT2D eigenvalue weighted by Crippen LogP contribution is 2.07. The van der Waals surface area contributed by atoms with Gasteiger partial charge in [0.1, 0.15) is 5.82 Å². The first-order chi connectivity index (χ1) is 8.75. The smallest absolute Gasteiger partial charge is 0.244 e. The Morgan fingerprint density at radius 2 is 2.50 bits per heavy atom. The molecule has 94 valence electrons. The second-order valence-electron chi connectivity index (χ2n) is 3.89. The van der Waals surface area contributed by atoms with E-state index in [1.165, 1.54) is 0 Å². The maximum absolute atomic E-state index is 11.5. The van der Waals surface area contributed by atoms with Crippen LogP contribution in [0.25, 0.3) is 6.08 Å². The van der Waals surface area contributed by atoms with Crippen molar-refractivity contribution in [3.63, 3.8) is 0 Å². The topological polar surface area (TPSA) is 46.9 Å². The van der Waals surface area contributed by atoms with Crippen LogP contribution in [-0.2, 0) is 18.3 Å². The van der Waals surface area contributed by atoms with Gasteiger partial charge in [-0.1, -0.05) is 0 Å². The van der Waals surface area contributed by atoms with E-state index in [0.717, 1.165) is 17.8 Å². The molecule has 1 amide bonds. The molecule has 5 heteroatoms. The quantitative estimate of drug-likeness (QED) is 0.835. The maximum Gasteiger partial charge on any atom is 0.244 e. The predicted molar refractivity (Wildman–Crippen MR) is 73.3 cm³/mol. The molecule has 0 aromatic carbocycles. The van der Waals surface area contributed by atoms with Gasteiger partial charge in [0.05, 0.1) is 0 Å². The number of aromatic nitrogens is 2. The first-order valence-corrected chi connectivity index (χ1v) is 6.64. The van der Waals surface area contributed by atoms with E-state index >= 15 is 0 Å². The van der Waals surface area contributed by atoms with Crippen LogP contribution in [0.5, 0.6) is 0 Å². The van der Waals surface area contributed by atoms with E-state index in [1.807, 2.05) is 40.7 Å². The standard InChI is InChI=1S/C13H15N3OS/c1-16-8-7-14-12(16)4-6-15-13(17)3-2-11-5-9-18-10-11/h2-3,5,7-10H,4,6H2,1H3,(H,15,17)/b3-2-. The lowest BCUT2D eigenvalue weighted by atomic mass is 10.3. The lowest BCUT2D eigenvalue weighted by molar-refractivity contribution is -0.116. The van der Waals surface area contributed by atoms with Crippen LogP contribution in [-0.4, -0.2) is 22.0 Å². The van der Waals surface area contributed by atoms with E-state index < -0.39 is 0 Å². The summed E-state index contributed by atoms with van der Waals surface area (Å²) in [5, 5.41) is 6.82. The number of aryl methyl sites for hydroxylation is 1. The largest absolute Gasteiger partial charge is 0.352 e. The molecule has 1 N–H and O–H groups in total. The molecule has 2 heterocycles. The fraction of sp³-hybridized carbons (Fsp3) is 0.231. The van der Waals surface area contributed by atoms with Crippen molar-refractivity contribution in [2.45, 2.75) is 6.42 Å². The SMILES string of the molecule is Cn1ccnc1CCNC(=O)/C=C\c1ccsc1. The molecule has 2 rings (SSSR count). The fourth-order valence-corrected chi connectivity index (χ4v) is 2.16. The van der Waals surface area contributed by atoms with E-state index in [4.69, 9.17) is 0 Å². The van der Waals surface area contributed by atoms with Gasteiger partial charge in [-0.25, -0.2) is 4.98 Å². The molecule has 0 saturated carbocycles. The first-order valence-electron chi connectivity index (χ1n) is 5.70. The molecular formula is C13H15N3OS. The van der Waals surface area contributed by atoms with Crippen molar-refractivity contribution >= 4 is 23.3 Å². The summed E-state index contributed by atoms with van der Waals surface area (Å²) in [6.07, 6.45) is 7.76. The number of imidazole rings is 1. The van der Waals surface area contributed by atoms with Gasteiger partial charge in [-0.15, -0.1) is 0 Å². The molecule has 18 heavy (non-hydrogen) atoms. The third-order valence-corrected chi connectivity index (χ3v) is 3.24. The summed E-state index contributed by atoms with van der Waals surface area (Å²) in [5.41, 5.74) is 1.05. The summed E-state index contributed by atoms with van der Waals surface area (Å²) in [6, 6.07) is 1.97. The number of amides is 1. The molecular weight excluding hydrogens is 246 g/mol. The van der Waals surface area contributed by atoms with E-state index in [-0.39, 0.29) is 5.91 Å². The minimum Gasteiger partial charge on any atom is -0.352 e. The Labute approximate surface area is 110 Å².